The molecule has 0 aliphatic carbocycles. The minimum absolute atomic E-state index is 0.0619. The van der Waals surface area contributed by atoms with E-state index in [0.717, 1.165) is 6.07 Å². The third-order valence-electron chi connectivity index (χ3n) is 2.08. The first-order valence-electron chi connectivity index (χ1n) is 4.88. The first-order chi connectivity index (χ1) is 8.60. The molecule has 2 aromatic rings. The van der Waals surface area contributed by atoms with E-state index in [2.05, 4.69) is 0 Å². The van der Waals surface area contributed by atoms with E-state index in [1.54, 1.807) is 30.3 Å². The van der Waals surface area contributed by atoms with Gasteiger partial charge in [0.1, 0.15) is 5.82 Å². The normalized spacial score (nSPS) is 9.06. The molecular weight excluding hydrogens is 260 g/mol. The van der Waals surface area contributed by atoms with Gasteiger partial charge in [-0.1, -0.05) is 30.3 Å². The van der Waals surface area contributed by atoms with Crippen LogP contribution in [0.5, 0.6) is 0 Å². The maximum atomic E-state index is 13.3. The molecule has 0 radical (unpaired) electrons. The molecule has 0 atom stereocenters. The second kappa shape index (κ2) is 6.94. The molecule has 6 heteroatoms. The van der Waals surface area contributed by atoms with Gasteiger partial charge in [-0.05, 0) is 11.6 Å². The summed E-state index contributed by atoms with van der Waals surface area (Å²) in [6.45, 7) is 0. The molecule has 2 nitrogen and oxygen atoms in total. The van der Waals surface area contributed by atoms with Crippen LogP contribution in [-0.2, 0) is 3.80 Å². The van der Waals surface area contributed by atoms with Crippen molar-refractivity contribution in [1.29, 1.82) is 0 Å². The predicted octanol–water partition coefficient (Wildman–Crippen LogP) is 2.71. The van der Waals surface area contributed by atoms with E-state index in [-0.39, 0.29) is 5.56 Å². The van der Waals surface area contributed by atoms with Crippen molar-refractivity contribution in [3.05, 3.63) is 59.9 Å². The topological polar surface area (TPSA) is 37.3 Å². The van der Waals surface area contributed by atoms with E-state index in [9.17, 15) is 13.2 Å². The zero-order chi connectivity index (χ0) is 13.5. The second-order valence-corrected chi connectivity index (χ2v) is 3.43. The summed E-state index contributed by atoms with van der Waals surface area (Å²) in [5.74, 6) is -2.98. The Balaban J connectivity index is 0.000000492. The van der Waals surface area contributed by atoms with Gasteiger partial charge in [0.2, 0.25) is 0 Å². The molecule has 0 unspecified atom stereocenters. The molecule has 18 heavy (non-hydrogen) atoms. The van der Waals surface area contributed by atoms with Crippen molar-refractivity contribution in [1.82, 2.24) is 0 Å². The van der Waals surface area contributed by atoms with Crippen LogP contribution in [0.2, 0.25) is 0 Å². The van der Waals surface area contributed by atoms with Gasteiger partial charge in [0.15, 0.2) is 11.6 Å². The van der Waals surface area contributed by atoms with Gasteiger partial charge in [-0.2, -0.15) is 0 Å². The number of benzene rings is 2. The van der Waals surface area contributed by atoms with Crippen molar-refractivity contribution >= 4 is 15.5 Å². The van der Waals surface area contributed by atoms with Crippen LogP contribution in [0.4, 0.5) is 13.2 Å². The van der Waals surface area contributed by atoms with Gasteiger partial charge in [0, 0.05) is 11.6 Å². The molecule has 0 fully saturated rings. The molecule has 92 valence electrons. The first-order valence-corrected chi connectivity index (χ1v) is 5.86. The molecular formula is C12H8AlF3O2. The first kappa shape index (κ1) is 14.4. The summed E-state index contributed by atoms with van der Waals surface area (Å²) in [5.41, 5.74) is 0.390. The Bertz CT molecular complexity index is 532. The van der Waals surface area contributed by atoms with Gasteiger partial charge in [0.25, 0.3) is 0 Å². The van der Waals surface area contributed by atoms with Crippen LogP contribution in [0.1, 0.15) is 0 Å². The summed E-state index contributed by atoms with van der Waals surface area (Å²) in [5, 5.41) is 0. The fourth-order valence-corrected chi connectivity index (χ4v) is 1.38. The van der Waals surface area contributed by atoms with Crippen molar-refractivity contribution in [2.75, 3.05) is 0 Å². The molecule has 0 bridgehead atoms. The Morgan fingerprint density at radius 2 is 1.56 bits per heavy atom. The van der Waals surface area contributed by atoms with Crippen LogP contribution in [0.3, 0.4) is 0 Å². The van der Waals surface area contributed by atoms with E-state index in [1.807, 2.05) is 0 Å². The van der Waals surface area contributed by atoms with Gasteiger partial charge in [-0.15, -0.1) is 0 Å². The zero-order valence-corrected chi connectivity index (χ0v) is 10.3. The standard InChI is InChI=1S/C12H7F3.Al.H2O.O/c13-9-6-10(12(15)11(14)7-9)8-4-2-1-3-5-8;;;/h1-7H;;1H2;/q;+1;;/p-1. The van der Waals surface area contributed by atoms with Gasteiger partial charge < -0.3 is 0 Å². The van der Waals surface area contributed by atoms with Crippen LogP contribution in [0.25, 0.3) is 11.1 Å². The molecule has 0 aromatic heterocycles. The SMILES string of the molecule is Fc1cc(F)c(F)c(-c2ccccc2)c1.[O]=[Al][OH]. The Labute approximate surface area is 108 Å². The molecule has 0 aliphatic rings. The van der Waals surface area contributed by atoms with E-state index in [4.69, 9.17) is 7.96 Å². The summed E-state index contributed by atoms with van der Waals surface area (Å²) in [4.78, 5) is 0. The fourth-order valence-electron chi connectivity index (χ4n) is 1.38. The molecule has 0 heterocycles. The number of hydrogen-bond donors (Lipinski definition) is 1. The maximum absolute atomic E-state index is 13.3. The van der Waals surface area contributed by atoms with E-state index in [0.29, 0.717) is 11.6 Å². The van der Waals surface area contributed by atoms with E-state index in [1.165, 1.54) is 0 Å². The molecule has 0 spiro atoms. The van der Waals surface area contributed by atoms with Crippen LogP contribution in [0.15, 0.2) is 42.5 Å². The Kier molecular flexibility index (Phi) is 5.56. The molecule has 2 rings (SSSR count). The average Bonchev–Trinajstić information content (AvgIpc) is 2.36. The summed E-state index contributed by atoms with van der Waals surface area (Å²) >= 11 is -1.50. The second-order valence-electron chi connectivity index (χ2n) is 3.22. The number of hydrogen-bond acceptors (Lipinski definition) is 1. The van der Waals surface area contributed by atoms with Gasteiger partial charge in [-0.25, -0.2) is 13.2 Å². The van der Waals surface area contributed by atoms with Crippen molar-refractivity contribution in [3.8, 4) is 11.1 Å². The van der Waals surface area contributed by atoms with Gasteiger partial charge >= 0.3 is 23.4 Å². The monoisotopic (exact) mass is 268 g/mol. The van der Waals surface area contributed by atoms with Crippen molar-refractivity contribution in [2.45, 2.75) is 0 Å². The van der Waals surface area contributed by atoms with Crippen molar-refractivity contribution in [3.63, 3.8) is 0 Å². The molecule has 0 amide bonds. The summed E-state index contributed by atoms with van der Waals surface area (Å²) < 4.78 is 54.8. The fraction of sp³-hybridized carbons (Fsp3) is 0. The molecule has 0 saturated carbocycles. The Hall–Kier alpha value is -1.64. The van der Waals surface area contributed by atoms with Crippen LogP contribution in [-0.4, -0.2) is 19.6 Å². The number of rotatable bonds is 1. The summed E-state index contributed by atoms with van der Waals surface area (Å²) in [6, 6.07) is 9.80. The summed E-state index contributed by atoms with van der Waals surface area (Å²) in [6.07, 6.45) is 0. The van der Waals surface area contributed by atoms with Gasteiger partial charge in [-0.3, -0.25) is 0 Å². The Morgan fingerprint density at radius 1 is 1.00 bits per heavy atom. The number of halogens is 3. The van der Waals surface area contributed by atoms with Gasteiger partial charge in [0.05, 0.1) is 0 Å². The van der Waals surface area contributed by atoms with E-state index < -0.39 is 32.9 Å². The molecule has 2 aromatic carbocycles. The van der Waals surface area contributed by atoms with Crippen LogP contribution in [0, 0.1) is 17.5 Å². The summed E-state index contributed by atoms with van der Waals surface area (Å²) in [7, 11) is 0. The molecule has 0 saturated heterocycles. The minimum atomic E-state index is -1.50. The van der Waals surface area contributed by atoms with Crippen LogP contribution >= 0.6 is 0 Å². The third kappa shape index (κ3) is 3.69. The zero-order valence-electron chi connectivity index (χ0n) is 9.11. The van der Waals surface area contributed by atoms with E-state index >= 15 is 0 Å². The molecule has 1 N–H and O–H groups in total. The quantitative estimate of drug-likeness (QED) is 0.637. The predicted molar refractivity (Wildman–Crippen MR) is 60.4 cm³/mol. The van der Waals surface area contributed by atoms with Crippen molar-refractivity contribution < 1.29 is 21.1 Å². The Morgan fingerprint density at radius 3 is 2.11 bits per heavy atom. The van der Waals surface area contributed by atoms with Crippen LogP contribution < -0.4 is 0 Å². The average molecular weight is 268 g/mol. The third-order valence-corrected chi connectivity index (χ3v) is 2.08. The molecule has 0 aliphatic heterocycles. The van der Waals surface area contributed by atoms with Crippen molar-refractivity contribution in [2.24, 2.45) is 0 Å².